The predicted molar refractivity (Wildman–Crippen MR) is 116 cm³/mol. The fraction of sp³-hybridized carbons (Fsp3) is 0.286. The Balaban J connectivity index is 2.24. The van der Waals surface area contributed by atoms with Gasteiger partial charge in [0, 0.05) is 18.7 Å². The van der Waals surface area contributed by atoms with Crippen molar-refractivity contribution in [3.8, 4) is 18.0 Å². The lowest BCUT2D eigenvalue weighted by Gasteiger charge is -2.12. The number of halogens is 1. The molecule has 11 heteroatoms. The molecule has 0 atom stereocenters. The number of aromatic hydroxyl groups is 1. The largest absolute Gasteiger partial charge is 0.493 e. The molecule has 2 heterocycles. The number of carbonyl (C=O) groups excluding carboxylic acids is 2. The minimum Gasteiger partial charge on any atom is -0.493 e. The van der Waals surface area contributed by atoms with E-state index in [1.165, 1.54) is 13.0 Å². The van der Waals surface area contributed by atoms with Crippen molar-refractivity contribution in [3.05, 3.63) is 48.7 Å². The number of hydrogen-bond acceptors (Lipinski definition) is 8. The number of hydrogen-bond donors (Lipinski definition) is 1. The van der Waals surface area contributed by atoms with E-state index in [0.717, 1.165) is 9.47 Å². The van der Waals surface area contributed by atoms with E-state index in [0.29, 0.717) is 6.42 Å². The first-order valence-electron chi connectivity index (χ1n) is 9.64. The van der Waals surface area contributed by atoms with E-state index in [2.05, 4.69) is 26.2 Å². The third-order valence-corrected chi connectivity index (χ3v) is 5.85. The van der Waals surface area contributed by atoms with Crippen LogP contribution in [-0.2, 0) is 6.54 Å². The van der Waals surface area contributed by atoms with E-state index in [4.69, 9.17) is 0 Å². The van der Waals surface area contributed by atoms with Gasteiger partial charge in [0.15, 0.2) is 5.69 Å². The Morgan fingerprint density at radius 3 is 2.31 bits per heavy atom. The number of carbonyl (C=O) groups is 2. The molecule has 1 aromatic heterocycles. The third-order valence-electron chi connectivity index (χ3n) is 5.08. The molecular formula is C21H17BrN6O4. The van der Waals surface area contributed by atoms with Crippen LogP contribution in [0.2, 0.25) is 0 Å². The lowest BCUT2D eigenvalue weighted by Crippen LogP contribution is -2.29. The first-order valence-corrected chi connectivity index (χ1v) is 10.4. The van der Waals surface area contributed by atoms with Gasteiger partial charge >= 0.3 is 0 Å². The summed E-state index contributed by atoms with van der Waals surface area (Å²) in [6.45, 7) is 5.25. The van der Waals surface area contributed by atoms with Gasteiger partial charge in [0.1, 0.15) is 23.4 Å². The molecule has 162 valence electrons. The highest BCUT2D eigenvalue weighted by atomic mass is 79.9. The number of nitrogens with zero attached hydrogens (tertiary/aromatic N) is 6. The molecule has 0 radical (unpaired) electrons. The minimum absolute atomic E-state index is 0.0157. The molecule has 10 nitrogen and oxygen atoms in total. The van der Waals surface area contributed by atoms with Crippen LogP contribution >= 0.6 is 15.9 Å². The number of benzene rings is 1. The maximum atomic E-state index is 12.6. The zero-order valence-electron chi connectivity index (χ0n) is 17.4. The van der Waals surface area contributed by atoms with Gasteiger partial charge in [-0.1, -0.05) is 6.92 Å². The fourth-order valence-electron chi connectivity index (χ4n) is 3.45. The summed E-state index contributed by atoms with van der Waals surface area (Å²) in [5.74, 6) is -1.49. The van der Waals surface area contributed by atoms with Crippen LogP contribution in [-0.4, -0.2) is 32.9 Å². The quantitative estimate of drug-likeness (QED) is 0.490. The lowest BCUT2D eigenvalue weighted by molar-refractivity contribution is 0.0662. The van der Waals surface area contributed by atoms with Crippen molar-refractivity contribution >= 4 is 39.1 Å². The van der Waals surface area contributed by atoms with Crippen LogP contribution < -0.4 is 5.56 Å². The average molecular weight is 497 g/mol. The van der Waals surface area contributed by atoms with Crippen LogP contribution in [0, 0.1) is 29.6 Å². The maximum Gasteiger partial charge on any atom is 0.271 e. The molecule has 0 spiro atoms. The van der Waals surface area contributed by atoms with Crippen LogP contribution in [0.25, 0.3) is 0 Å². The summed E-state index contributed by atoms with van der Waals surface area (Å²) in [5, 5.41) is 37.6. The molecule has 3 rings (SSSR count). The Bertz CT molecular complexity index is 1350. The van der Waals surface area contributed by atoms with E-state index >= 15 is 0 Å². The highest BCUT2D eigenvalue weighted by Crippen LogP contribution is 2.41. The van der Waals surface area contributed by atoms with Crippen molar-refractivity contribution < 1.29 is 14.7 Å². The first kappa shape index (κ1) is 22.8. The third kappa shape index (κ3) is 3.37. The molecule has 2 aromatic rings. The summed E-state index contributed by atoms with van der Waals surface area (Å²) >= 11 is 3.26. The van der Waals surface area contributed by atoms with E-state index in [1.807, 2.05) is 12.1 Å². The van der Waals surface area contributed by atoms with Gasteiger partial charge in [0.25, 0.3) is 17.4 Å². The van der Waals surface area contributed by atoms with Crippen molar-refractivity contribution in [3.63, 3.8) is 0 Å². The van der Waals surface area contributed by atoms with E-state index < -0.39 is 23.3 Å². The number of azo groups is 1. The molecule has 32 heavy (non-hydrogen) atoms. The summed E-state index contributed by atoms with van der Waals surface area (Å²) in [4.78, 5) is 38.6. The number of rotatable bonds is 5. The zero-order valence-corrected chi connectivity index (χ0v) is 19.0. The van der Waals surface area contributed by atoms with Crippen molar-refractivity contribution in [1.29, 1.82) is 10.5 Å². The fourth-order valence-corrected chi connectivity index (χ4v) is 4.12. The minimum atomic E-state index is -0.636. The van der Waals surface area contributed by atoms with Gasteiger partial charge in [-0.2, -0.15) is 10.5 Å². The topological polar surface area (TPSA) is 152 Å². The maximum absolute atomic E-state index is 12.6. The van der Waals surface area contributed by atoms with Crippen LogP contribution in [0.4, 0.5) is 11.4 Å². The summed E-state index contributed by atoms with van der Waals surface area (Å²) in [6, 6.07) is 5.02. The Kier molecular flexibility index (Phi) is 6.23. The van der Waals surface area contributed by atoms with Gasteiger partial charge < -0.3 is 5.11 Å². The number of aromatic nitrogens is 1. The molecule has 0 saturated carbocycles. The lowest BCUT2D eigenvalue weighted by atomic mass is 10.0. The first-order chi connectivity index (χ1) is 15.2. The zero-order chi connectivity index (χ0) is 23.7. The van der Waals surface area contributed by atoms with Gasteiger partial charge in [-0.15, -0.1) is 10.2 Å². The monoisotopic (exact) mass is 496 g/mol. The number of fused-ring (bicyclic) bond motifs is 1. The van der Waals surface area contributed by atoms with Gasteiger partial charge in [-0.3, -0.25) is 23.9 Å². The molecule has 1 aliphatic rings. The molecule has 0 unspecified atom stereocenters. The number of amides is 2. The molecule has 0 aliphatic carbocycles. The average Bonchev–Trinajstić information content (AvgIpc) is 3.01. The van der Waals surface area contributed by atoms with E-state index in [9.17, 15) is 30.0 Å². The summed E-state index contributed by atoms with van der Waals surface area (Å²) < 4.78 is 1.15. The highest BCUT2D eigenvalue weighted by molar-refractivity contribution is 9.10. The number of pyridine rings is 1. The van der Waals surface area contributed by atoms with Gasteiger partial charge in [-0.25, -0.2) is 0 Å². The Morgan fingerprint density at radius 1 is 1.09 bits per heavy atom. The predicted octanol–water partition coefficient (Wildman–Crippen LogP) is 3.81. The molecule has 2 amide bonds. The Labute approximate surface area is 191 Å². The van der Waals surface area contributed by atoms with Crippen molar-refractivity contribution in [2.45, 2.75) is 33.7 Å². The second-order valence-corrected chi connectivity index (χ2v) is 7.71. The normalized spacial score (nSPS) is 12.9. The van der Waals surface area contributed by atoms with Crippen LogP contribution in [0.3, 0.4) is 0 Å². The Hall–Kier alpha value is -3.83. The number of imide groups is 1. The van der Waals surface area contributed by atoms with Gasteiger partial charge in [-0.05, 0) is 42.3 Å². The smallest absolute Gasteiger partial charge is 0.271 e. The molecule has 1 N–H and O–H groups in total. The number of nitriles is 2. The van der Waals surface area contributed by atoms with E-state index in [-0.39, 0.29) is 56.8 Å². The van der Waals surface area contributed by atoms with Crippen LogP contribution in [0.1, 0.15) is 57.7 Å². The summed E-state index contributed by atoms with van der Waals surface area (Å²) in [6.07, 6.45) is 0.525. The summed E-state index contributed by atoms with van der Waals surface area (Å²) in [5.41, 5.74) is -0.676. The van der Waals surface area contributed by atoms with E-state index in [1.54, 1.807) is 13.8 Å². The molecule has 0 fully saturated rings. The van der Waals surface area contributed by atoms with Crippen LogP contribution in [0.15, 0.2) is 25.6 Å². The SMILES string of the molecule is CCCn1c(O)c(/N=N/c2c(C#N)cc3c(c2Br)C(=O)N(CC)C3=O)c(C)c(C#N)c1=O. The molecule has 0 bridgehead atoms. The van der Waals surface area contributed by atoms with Crippen LogP contribution in [0.5, 0.6) is 5.88 Å². The standard InChI is InChI=1S/C21H17BrN6O4/c1-4-6-28-19(30)13(9-24)10(3)16(21(28)32)25-26-17-11(8-23)7-12-14(15(17)22)20(31)27(5-2)18(12)29/h7,32H,4-6H2,1-3H3/b26-25+. The molecule has 0 saturated heterocycles. The molecular weight excluding hydrogens is 480 g/mol. The van der Waals surface area contributed by atoms with Crippen molar-refractivity contribution in [2.75, 3.05) is 6.54 Å². The highest BCUT2D eigenvalue weighted by Gasteiger charge is 2.38. The van der Waals surface area contributed by atoms with Gasteiger partial charge in [0.2, 0.25) is 5.88 Å². The second-order valence-electron chi connectivity index (χ2n) is 6.92. The second kappa shape index (κ2) is 8.73. The molecule has 1 aromatic carbocycles. The van der Waals surface area contributed by atoms with Gasteiger partial charge in [0.05, 0.1) is 21.2 Å². The Morgan fingerprint density at radius 2 is 1.75 bits per heavy atom. The molecule has 1 aliphatic heterocycles. The van der Waals surface area contributed by atoms with Crippen molar-refractivity contribution in [1.82, 2.24) is 9.47 Å². The summed E-state index contributed by atoms with van der Waals surface area (Å²) in [7, 11) is 0. The van der Waals surface area contributed by atoms with Crippen molar-refractivity contribution in [2.24, 2.45) is 10.2 Å².